The van der Waals surface area contributed by atoms with Gasteiger partial charge in [-0.05, 0) is 13.0 Å². The molecule has 4 amide bonds. The Morgan fingerprint density at radius 1 is 1.33 bits per heavy atom. The van der Waals surface area contributed by atoms with E-state index in [9.17, 15) is 14.4 Å². The van der Waals surface area contributed by atoms with Gasteiger partial charge >= 0.3 is 6.03 Å². The van der Waals surface area contributed by atoms with Crippen molar-refractivity contribution in [3.05, 3.63) is 0 Å². The molecule has 1 atom stereocenters. The third kappa shape index (κ3) is 5.68. The second kappa shape index (κ2) is 7.94. The van der Waals surface area contributed by atoms with Gasteiger partial charge in [-0.25, -0.2) is 4.79 Å². The smallest absolute Gasteiger partial charge is 0.321 e. The lowest BCUT2D eigenvalue weighted by atomic mass is 10.1. The summed E-state index contributed by atoms with van der Waals surface area (Å²) in [6, 6.07) is -0.943. The molecule has 2 fully saturated rings. The van der Waals surface area contributed by atoms with Crippen molar-refractivity contribution in [3.8, 4) is 0 Å². The van der Waals surface area contributed by atoms with Crippen LogP contribution in [0.2, 0.25) is 0 Å². The monoisotopic (exact) mass is 298 g/mol. The van der Waals surface area contributed by atoms with Crippen LogP contribution in [0.1, 0.15) is 19.3 Å². The maximum atomic E-state index is 11.7. The maximum Gasteiger partial charge on any atom is 0.321 e. The number of morpholine rings is 1. The number of ether oxygens (including phenoxy) is 1. The lowest BCUT2D eigenvalue weighted by molar-refractivity contribution is -0.123. The molecule has 0 spiro atoms. The molecule has 0 aromatic heterocycles. The maximum absolute atomic E-state index is 11.7. The van der Waals surface area contributed by atoms with Crippen LogP contribution in [0.25, 0.3) is 0 Å². The van der Waals surface area contributed by atoms with Crippen LogP contribution in [0.5, 0.6) is 0 Å². The van der Waals surface area contributed by atoms with Crippen molar-refractivity contribution in [1.29, 1.82) is 0 Å². The van der Waals surface area contributed by atoms with Crippen LogP contribution in [0.4, 0.5) is 4.79 Å². The van der Waals surface area contributed by atoms with E-state index in [-0.39, 0.29) is 24.7 Å². The molecule has 2 aliphatic heterocycles. The van der Waals surface area contributed by atoms with E-state index in [1.165, 1.54) is 0 Å². The first-order valence-corrected chi connectivity index (χ1v) is 7.30. The molecule has 0 radical (unpaired) electrons. The summed E-state index contributed by atoms with van der Waals surface area (Å²) in [5.74, 6) is -0.485. The van der Waals surface area contributed by atoms with E-state index >= 15 is 0 Å². The van der Waals surface area contributed by atoms with Crippen molar-refractivity contribution in [3.63, 3.8) is 0 Å². The number of carbonyl (C=O) groups excluding carboxylic acids is 3. The van der Waals surface area contributed by atoms with E-state index in [4.69, 9.17) is 4.74 Å². The molecule has 0 aliphatic carbocycles. The third-order valence-corrected chi connectivity index (χ3v) is 3.53. The van der Waals surface area contributed by atoms with Gasteiger partial charge in [0.05, 0.1) is 13.2 Å². The third-order valence-electron chi connectivity index (χ3n) is 3.53. The van der Waals surface area contributed by atoms with E-state index in [0.717, 1.165) is 39.3 Å². The van der Waals surface area contributed by atoms with E-state index in [1.807, 2.05) is 0 Å². The predicted octanol–water partition coefficient (Wildman–Crippen LogP) is -1.19. The number of rotatable bonds is 6. The standard InChI is InChI=1S/C13H22N4O4/c18-11(8-10-9-12(19)16-13(20)15-10)14-2-1-3-17-4-6-21-7-5-17/h10H,1-9H2,(H,14,18)(H2,15,16,19,20). The predicted molar refractivity (Wildman–Crippen MR) is 74.6 cm³/mol. The van der Waals surface area contributed by atoms with Crippen molar-refractivity contribution in [2.45, 2.75) is 25.3 Å². The number of imide groups is 1. The highest BCUT2D eigenvalue weighted by Crippen LogP contribution is 2.03. The molecular formula is C13H22N4O4. The molecule has 2 aliphatic rings. The van der Waals surface area contributed by atoms with Gasteiger partial charge in [0.15, 0.2) is 0 Å². The molecule has 0 bridgehead atoms. The van der Waals surface area contributed by atoms with E-state index in [1.54, 1.807) is 0 Å². The summed E-state index contributed by atoms with van der Waals surface area (Å²) < 4.78 is 5.27. The Hall–Kier alpha value is -1.67. The highest BCUT2D eigenvalue weighted by molar-refractivity contribution is 5.97. The number of urea groups is 1. The van der Waals surface area contributed by atoms with Gasteiger partial charge in [0.2, 0.25) is 11.8 Å². The first-order valence-electron chi connectivity index (χ1n) is 7.30. The molecule has 8 nitrogen and oxygen atoms in total. The minimum atomic E-state index is -0.531. The summed E-state index contributed by atoms with van der Waals surface area (Å²) in [7, 11) is 0. The molecule has 0 aromatic carbocycles. The van der Waals surface area contributed by atoms with Crippen LogP contribution in [0, 0.1) is 0 Å². The minimum absolute atomic E-state index is 0.136. The zero-order chi connectivity index (χ0) is 15.1. The fourth-order valence-electron chi connectivity index (χ4n) is 2.45. The molecule has 0 saturated carbocycles. The summed E-state index contributed by atoms with van der Waals surface area (Å²) >= 11 is 0. The lowest BCUT2D eigenvalue weighted by Gasteiger charge is -2.26. The van der Waals surface area contributed by atoms with Crippen LogP contribution in [0.3, 0.4) is 0 Å². The fraction of sp³-hybridized carbons (Fsp3) is 0.769. The van der Waals surface area contributed by atoms with Crippen LogP contribution in [-0.4, -0.2) is 68.2 Å². The molecule has 8 heteroatoms. The highest BCUT2D eigenvalue weighted by Gasteiger charge is 2.25. The van der Waals surface area contributed by atoms with Gasteiger partial charge in [-0.1, -0.05) is 0 Å². The average molecular weight is 298 g/mol. The van der Waals surface area contributed by atoms with Crippen LogP contribution < -0.4 is 16.0 Å². The molecule has 3 N–H and O–H groups in total. The van der Waals surface area contributed by atoms with Gasteiger partial charge in [0.25, 0.3) is 0 Å². The Morgan fingerprint density at radius 3 is 2.81 bits per heavy atom. The molecule has 118 valence electrons. The van der Waals surface area contributed by atoms with E-state index < -0.39 is 12.1 Å². The summed E-state index contributed by atoms with van der Waals surface area (Å²) in [5, 5.41) is 7.52. The van der Waals surface area contributed by atoms with Gasteiger partial charge in [-0.3, -0.25) is 19.8 Å². The number of carbonyl (C=O) groups is 3. The number of nitrogens with one attached hydrogen (secondary N) is 3. The quantitative estimate of drug-likeness (QED) is 0.536. The summed E-state index contributed by atoms with van der Waals surface area (Å²) in [4.78, 5) is 36.3. The Morgan fingerprint density at radius 2 is 2.10 bits per heavy atom. The normalized spacial score (nSPS) is 23.3. The number of amides is 4. The SMILES string of the molecule is O=C(CC1CC(=O)NC(=O)N1)NCCCN1CCOCC1. The largest absolute Gasteiger partial charge is 0.379 e. The Labute approximate surface area is 123 Å². The average Bonchev–Trinajstić information content (AvgIpc) is 2.43. The van der Waals surface area contributed by atoms with Crippen molar-refractivity contribution in [1.82, 2.24) is 20.9 Å². The second-order valence-electron chi connectivity index (χ2n) is 5.28. The van der Waals surface area contributed by atoms with Crippen molar-refractivity contribution in [2.24, 2.45) is 0 Å². The van der Waals surface area contributed by atoms with Gasteiger partial charge in [-0.2, -0.15) is 0 Å². The molecular weight excluding hydrogens is 276 g/mol. The van der Waals surface area contributed by atoms with Gasteiger partial charge < -0.3 is 15.4 Å². The first kappa shape index (κ1) is 15.7. The second-order valence-corrected chi connectivity index (χ2v) is 5.28. The Kier molecular flexibility index (Phi) is 5.94. The lowest BCUT2D eigenvalue weighted by Crippen LogP contribution is -2.53. The minimum Gasteiger partial charge on any atom is -0.379 e. The van der Waals surface area contributed by atoms with Gasteiger partial charge in [-0.15, -0.1) is 0 Å². The zero-order valence-electron chi connectivity index (χ0n) is 12.0. The van der Waals surface area contributed by atoms with Crippen LogP contribution in [0.15, 0.2) is 0 Å². The molecule has 21 heavy (non-hydrogen) atoms. The fourth-order valence-corrected chi connectivity index (χ4v) is 2.45. The van der Waals surface area contributed by atoms with Crippen molar-refractivity contribution < 1.29 is 19.1 Å². The molecule has 1 unspecified atom stereocenters. The highest BCUT2D eigenvalue weighted by atomic mass is 16.5. The summed E-state index contributed by atoms with van der Waals surface area (Å²) in [5.41, 5.74) is 0. The zero-order valence-corrected chi connectivity index (χ0v) is 12.0. The molecule has 2 saturated heterocycles. The van der Waals surface area contributed by atoms with Crippen molar-refractivity contribution >= 4 is 17.8 Å². The summed E-state index contributed by atoms with van der Waals surface area (Å²) in [6.45, 7) is 4.97. The molecule has 0 aromatic rings. The number of nitrogens with zero attached hydrogens (tertiary/aromatic N) is 1. The van der Waals surface area contributed by atoms with Gasteiger partial charge in [0.1, 0.15) is 0 Å². The van der Waals surface area contributed by atoms with E-state index in [2.05, 4.69) is 20.9 Å². The number of hydrogen-bond acceptors (Lipinski definition) is 5. The molecule has 2 heterocycles. The van der Waals surface area contributed by atoms with Gasteiger partial charge in [0, 0.05) is 38.5 Å². The Bertz CT molecular complexity index is 380. The van der Waals surface area contributed by atoms with Crippen LogP contribution in [-0.2, 0) is 14.3 Å². The number of hydrogen-bond donors (Lipinski definition) is 3. The molecule has 2 rings (SSSR count). The topological polar surface area (TPSA) is 99.8 Å². The summed E-state index contributed by atoms with van der Waals surface area (Å²) in [6.07, 6.45) is 1.16. The van der Waals surface area contributed by atoms with Crippen molar-refractivity contribution in [2.75, 3.05) is 39.4 Å². The Balaban J connectivity index is 1.56. The first-order chi connectivity index (χ1) is 10.1. The van der Waals surface area contributed by atoms with Crippen LogP contribution >= 0.6 is 0 Å². The van der Waals surface area contributed by atoms with E-state index in [0.29, 0.717) is 6.54 Å².